The van der Waals surface area contributed by atoms with E-state index in [1.165, 1.54) is 13.8 Å². The molecule has 0 radical (unpaired) electrons. The summed E-state index contributed by atoms with van der Waals surface area (Å²) in [5, 5.41) is 8.96. The van der Waals surface area contributed by atoms with Gasteiger partial charge in [0.1, 0.15) is 16.2 Å². The van der Waals surface area contributed by atoms with Gasteiger partial charge in [0.25, 0.3) is 0 Å². The Bertz CT molecular complexity index is 467. The second-order valence-electron chi connectivity index (χ2n) is 4.74. The van der Waals surface area contributed by atoms with E-state index in [2.05, 4.69) is 0 Å². The summed E-state index contributed by atoms with van der Waals surface area (Å²) in [6.45, 7) is 3.33. The average molecular weight is 300 g/mol. The number of rotatable bonds is 8. The Morgan fingerprint density at radius 1 is 1.25 bits per heavy atom. The third kappa shape index (κ3) is 4.52. The van der Waals surface area contributed by atoms with Gasteiger partial charge in [-0.2, -0.15) is 0 Å². The second-order valence-corrected chi connectivity index (χ2v) is 6.86. The van der Waals surface area contributed by atoms with E-state index in [-0.39, 0.29) is 0 Å². The van der Waals surface area contributed by atoms with Crippen molar-refractivity contribution < 1.29 is 23.6 Å². The van der Waals surface area contributed by atoms with Crippen molar-refractivity contribution in [2.45, 2.75) is 25.0 Å². The van der Waals surface area contributed by atoms with Gasteiger partial charge in [0.05, 0.1) is 13.7 Å². The van der Waals surface area contributed by atoms with Gasteiger partial charge in [-0.25, -0.2) is 0 Å². The molecule has 1 atom stereocenters. The molecule has 0 fully saturated rings. The molecule has 0 aliphatic heterocycles. The van der Waals surface area contributed by atoms with E-state index < -0.39 is 21.5 Å². The fourth-order valence-corrected chi connectivity index (χ4v) is 2.49. The summed E-state index contributed by atoms with van der Waals surface area (Å²) in [5.74, 6) is 0.706. The van der Waals surface area contributed by atoms with Crippen LogP contribution in [0.1, 0.15) is 20.3 Å². The summed E-state index contributed by atoms with van der Waals surface area (Å²) < 4.78 is 21.2. The first-order chi connectivity index (χ1) is 9.37. The quantitative estimate of drug-likeness (QED) is 0.744. The molecule has 0 bridgehead atoms. The summed E-state index contributed by atoms with van der Waals surface area (Å²) in [7, 11) is 0.170. The number of benzene rings is 1. The third-order valence-corrected chi connectivity index (χ3v) is 4.86. The summed E-state index contributed by atoms with van der Waals surface area (Å²) in [5.41, 5.74) is 0. The highest BCUT2D eigenvalue weighted by Crippen LogP contribution is 2.18. The van der Waals surface area contributed by atoms with Crippen LogP contribution >= 0.6 is 0 Å². The van der Waals surface area contributed by atoms with Gasteiger partial charge in [-0.1, -0.05) is 0 Å². The molecule has 1 aromatic carbocycles. The summed E-state index contributed by atoms with van der Waals surface area (Å²) in [4.78, 5) is 10.9. The van der Waals surface area contributed by atoms with Crippen LogP contribution in [0.4, 0.5) is 0 Å². The minimum Gasteiger partial charge on any atom is -0.497 e. The molecule has 0 amide bonds. The zero-order chi connectivity index (χ0) is 15.2. The van der Waals surface area contributed by atoms with Crippen LogP contribution in [0, 0.1) is 0 Å². The first-order valence-electron chi connectivity index (χ1n) is 6.26. The van der Waals surface area contributed by atoms with E-state index in [4.69, 9.17) is 14.6 Å². The Hall–Kier alpha value is -1.56. The molecule has 0 aromatic heterocycles. The first kappa shape index (κ1) is 16.5. The number of ether oxygens (including phenoxy) is 2. The van der Waals surface area contributed by atoms with Crippen LogP contribution < -0.4 is 9.47 Å². The fourth-order valence-electron chi connectivity index (χ4n) is 1.40. The van der Waals surface area contributed by atoms with Crippen molar-refractivity contribution in [3.8, 4) is 11.5 Å². The number of methoxy groups -OCH3 is 1. The molecule has 112 valence electrons. The Morgan fingerprint density at radius 2 is 1.80 bits per heavy atom. The average Bonchev–Trinajstić information content (AvgIpc) is 2.43. The van der Waals surface area contributed by atoms with E-state index in [0.29, 0.717) is 24.5 Å². The van der Waals surface area contributed by atoms with Crippen molar-refractivity contribution in [1.82, 2.24) is 0 Å². The Morgan fingerprint density at radius 3 is 2.30 bits per heavy atom. The minimum atomic E-state index is -1.42. The molecule has 0 aliphatic carbocycles. The van der Waals surface area contributed by atoms with Crippen LogP contribution in [-0.4, -0.2) is 39.5 Å². The Labute approximate surface area is 121 Å². The van der Waals surface area contributed by atoms with Gasteiger partial charge in [-0.05, 0) is 44.5 Å². The lowest BCUT2D eigenvalue weighted by Crippen LogP contribution is -2.37. The largest absolute Gasteiger partial charge is 0.497 e. The molecule has 0 saturated heterocycles. The standard InChI is InChI=1S/C14H20O5S/c1-14(2,13(15)16)20(17)10-4-9-19-12-7-5-11(18-3)6-8-12/h5-8H,4,9-10H2,1-3H3,(H,15,16). The number of hydrogen-bond donors (Lipinski definition) is 1. The second kappa shape index (κ2) is 7.28. The van der Waals surface area contributed by atoms with E-state index in [0.717, 1.165) is 5.75 Å². The third-order valence-electron chi connectivity index (χ3n) is 2.89. The van der Waals surface area contributed by atoms with Crippen LogP contribution in [0.25, 0.3) is 0 Å². The van der Waals surface area contributed by atoms with E-state index in [1.54, 1.807) is 31.4 Å². The molecule has 1 rings (SSSR count). The number of hydrogen-bond acceptors (Lipinski definition) is 4. The SMILES string of the molecule is COc1ccc(OCCCS(=O)C(C)(C)C(=O)O)cc1. The molecule has 0 aliphatic rings. The van der Waals surface area contributed by atoms with Gasteiger partial charge >= 0.3 is 5.97 Å². The van der Waals surface area contributed by atoms with Gasteiger partial charge in [-0.15, -0.1) is 0 Å². The lowest BCUT2D eigenvalue weighted by Gasteiger charge is -2.18. The smallest absolute Gasteiger partial charge is 0.321 e. The van der Waals surface area contributed by atoms with Gasteiger partial charge in [0.2, 0.25) is 0 Å². The normalized spacial score (nSPS) is 12.8. The van der Waals surface area contributed by atoms with E-state index >= 15 is 0 Å². The van der Waals surface area contributed by atoms with Crippen molar-refractivity contribution >= 4 is 16.8 Å². The fraction of sp³-hybridized carbons (Fsp3) is 0.500. The molecular weight excluding hydrogens is 280 g/mol. The minimum absolute atomic E-state index is 0.301. The maximum absolute atomic E-state index is 11.9. The molecule has 1 unspecified atom stereocenters. The maximum Gasteiger partial charge on any atom is 0.321 e. The summed E-state index contributed by atoms with van der Waals surface area (Å²) in [6.07, 6.45) is 0.537. The van der Waals surface area contributed by atoms with Gasteiger partial charge < -0.3 is 14.6 Å². The zero-order valence-corrected chi connectivity index (χ0v) is 12.7. The van der Waals surface area contributed by atoms with Crippen LogP contribution in [0.15, 0.2) is 24.3 Å². The lowest BCUT2D eigenvalue weighted by atomic mass is 10.2. The molecule has 20 heavy (non-hydrogen) atoms. The van der Waals surface area contributed by atoms with Crippen molar-refractivity contribution in [3.63, 3.8) is 0 Å². The predicted molar refractivity (Wildman–Crippen MR) is 77.8 cm³/mol. The van der Waals surface area contributed by atoms with Crippen molar-refractivity contribution in [3.05, 3.63) is 24.3 Å². The highest BCUT2D eigenvalue weighted by atomic mass is 32.2. The van der Waals surface area contributed by atoms with Crippen LogP contribution in [0.2, 0.25) is 0 Å². The van der Waals surface area contributed by atoms with Gasteiger partial charge in [0.15, 0.2) is 0 Å². The molecule has 0 spiro atoms. The monoisotopic (exact) mass is 300 g/mol. The zero-order valence-electron chi connectivity index (χ0n) is 11.9. The molecule has 0 heterocycles. The number of aliphatic carboxylic acids is 1. The topological polar surface area (TPSA) is 72.8 Å². The Balaban J connectivity index is 2.34. The molecule has 6 heteroatoms. The van der Waals surface area contributed by atoms with Gasteiger partial charge in [-0.3, -0.25) is 9.00 Å². The Kier molecular flexibility index (Phi) is 6.01. The lowest BCUT2D eigenvalue weighted by molar-refractivity contribution is -0.139. The van der Waals surface area contributed by atoms with Crippen LogP contribution in [0.3, 0.4) is 0 Å². The first-order valence-corrected chi connectivity index (χ1v) is 7.58. The predicted octanol–water partition coefficient (Wildman–Crippen LogP) is 2.08. The summed E-state index contributed by atoms with van der Waals surface area (Å²) >= 11 is 0. The van der Waals surface area contributed by atoms with Crippen LogP contribution in [-0.2, 0) is 15.6 Å². The van der Waals surface area contributed by atoms with Crippen molar-refractivity contribution in [1.29, 1.82) is 0 Å². The summed E-state index contributed by atoms with van der Waals surface area (Å²) in [6, 6.07) is 7.16. The number of carboxylic acid groups (broad SMARTS) is 1. The van der Waals surface area contributed by atoms with E-state index in [9.17, 15) is 9.00 Å². The van der Waals surface area contributed by atoms with Gasteiger partial charge in [0, 0.05) is 16.6 Å². The molecule has 1 aromatic rings. The number of carboxylic acids is 1. The number of carbonyl (C=O) groups is 1. The van der Waals surface area contributed by atoms with E-state index in [1.807, 2.05) is 0 Å². The molecular formula is C14H20O5S. The highest BCUT2D eigenvalue weighted by Gasteiger charge is 2.33. The molecule has 0 saturated carbocycles. The van der Waals surface area contributed by atoms with Crippen LogP contribution in [0.5, 0.6) is 11.5 Å². The van der Waals surface area contributed by atoms with Crippen molar-refractivity contribution in [2.75, 3.05) is 19.5 Å². The van der Waals surface area contributed by atoms with Crippen molar-refractivity contribution in [2.24, 2.45) is 0 Å². The highest BCUT2D eigenvalue weighted by molar-refractivity contribution is 7.87. The molecule has 5 nitrogen and oxygen atoms in total. The molecule has 1 N–H and O–H groups in total. The maximum atomic E-state index is 11.9.